The first-order valence-electron chi connectivity index (χ1n) is 4.12. The summed E-state index contributed by atoms with van der Waals surface area (Å²) in [5.41, 5.74) is 2.57. The number of nitrogens with zero attached hydrogens (tertiary/aromatic N) is 1. The maximum Gasteiger partial charge on any atom is 0.0366 e. The molecule has 0 aliphatic carbocycles. The highest BCUT2D eigenvalue weighted by molar-refractivity contribution is 7.80. The molecule has 1 nitrogen and oxygen atoms in total. The molecule has 66 valence electrons. The largest absolute Gasteiger partial charge is 0.374 e. The van der Waals surface area contributed by atoms with Crippen LogP contribution >= 0.6 is 12.6 Å². The summed E-state index contributed by atoms with van der Waals surface area (Å²) in [7, 11) is 2.09. The molecule has 0 aromatic heterocycles. The van der Waals surface area contributed by atoms with E-state index >= 15 is 0 Å². The molecule has 0 unspecified atom stereocenters. The van der Waals surface area contributed by atoms with Gasteiger partial charge in [0.05, 0.1) is 0 Å². The van der Waals surface area contributed by atoms with Gasteiger partial charge in [0.25, 0.3) is 0 Å². The number of hydrogen-bond acceptors (Lipinski definition) is 2. The lowest BCUT2D eigenvalue weighted by atomic mass is 10.2. The van der Waals surface area contributed by atoms with E-state index in [0.29, 0.717) is 0 Å². The van der Waals surface area contributed by atoms with E-state index in [1.807, 2.05) is 0 Å². The summed E-state index contributed by atoms with van der Waals surface area (Å²) in [6, 6.07) is 8.50. The topological polar surface area (TPSA) is 3.24 Å². The highest BCUT2D eigenvalue weighted by atomic mass is 32.1. The Balaban J connectivity index is 2.73. The van der Waals surface area contributed by atoms with Gasteiger partial charge in [-0.15, -0.1) is 0 Å². The van der Waals surface area contributed by atoms with Gasteiger partial charge in [-0.1, -0.05) is 12.1 Å². The molecular weight excluding hydrogens is 166 g/mol. The van der Waals surface area contributed by atoms with Crippen LogP contribution in [0.4, 0.5) is 5.69 Å². The summed E-state index contributed by atoms with van der Waals surface area (Å²) in [5.74, 6) is 0.893. The molecule has 1 aromatic carbocycles. The van der Waals surface area contributed by atoms with Crippen molar-refractivity contribution in [3.8, 4) is 0 Å². The molecule has 0 radical (unpaired) electrons. The van der Waals surface area contributed by atoms with Crippen molar-refractivity contribution in [1.82, 2.24) is 0 Å². The van der Waals surface area contributed by atoms with Crippen LogP contribution in [0.5, 0.6) is 0 Å². The average molecular weight is 181 g/mol. The van der Waals surface area contributed by atoms with Crippen LogP contribution in [0.1, 0.15) is 5.56 Å². The fourth-order valence-electron chi connectivity index (χ4n) is 1.14. The number of aryl methyl sites for hydroxylation is 1. The first kappa shape index (κ1) is 9.46. The van der Waals surface area contributed by atoms with Crippen LogP contribution in [0.25, 0.3) is 0 Å². The van der Waals surface area contributed by atoms with E-state index in [1.54, 1.807) is 0 Å². The fraction of sp³-hybridized carbons (Fsp3) is 0.400. The van der Waals surface area contributed by atoms with Crippen molar-refractivity contribution >= 4 is 18.3 Å². The Morgan fingerprint density at radius 1 is 1.42 bits per heavy atom. The molecule has 0 N–H and O–H groups in total. The Labute approximate surface area is 79.8 Å². The minimum atomic E-state index is 0.893. The van der Waals surface area contributed by atoms with Gasteiger partial charge in [0.2, 0.25) is 0 Å². The predicted octanol–water partition coefficient (Wildman–Crippen LogP) is 2.36. The van der Waals surface area contributed by atoms with E-state index in [1.165, 1.54) is 11.3 Å². The van der Waals surface area contributed by atoms with E-state index in [-0.39, 0.29) is 0 Å². The Bertz CT molecular complexity index is 247. The molecule has 0 spiro atoms. The second-order valence-corrected chi connectivity index (χ2v) is 3.43. The smallest absolute Gasteiger partial charge is 0.0366 e. The summed E-state index contributed by atoms with van der Waals surface area (Å²) < 4.78 is 0. The molecule has 0 saturated heterocycles. The molecule has 1 aromatic rings. The first-order chi connectivity index (χ1) is 5.74. The normalized spacial score (nSPS) is 9.92. The number of thiol groups is 1. The van der Waals surface area contributed by atoms with Crippen molar-refractivity contribution in [1.29, 1.82) is 0 Å². The Morgan fingerprint density at radius 2 is 2.17 bits per heavy atom. The molecule has 0 bridgehead atoms. The maximum absolute atomic E-state index is 4.19. The van der Waals surface area contributed by atoms with Crippen LogP contribution in [0.2, 0.25) is 0 Å². The van der Waals surface area contributed by atoms with Gasteiger partial charge in [0.15, 0.2) is 0 Å². The molecule has 2 heteroatoms. The third-order valence-corrected chi connectivity index (χ3v) is 2.08. The highest BCUT2D eigenvalue weighted by Gasteiger charge is 1.97. The molecule has 0 heterocycles. The zero-order chi connectivity index (χ0) is 8.97. The first-order valence-corrected chi connectivity index (χ1v) is 4.76. The molecular formula is C10H15NS. The Hall–Kier alpha value is -0.630. The Kier molecular flexibility index (Phi) is 3.48. The minimum Gasteiger partial charge on any atom is -0.374 e. The third-order valence-electron chi connectivity index (χ3n) is 1.88. The van der Waals surface area contributed by atoms with E-state index in [9.17, 15) is 0 Å². The van der Waals surface area contributed by atoms with E-state index in [0.717, 1.165) is 12.3 Å². The zero-order valence-electron chi connectivity index (χ0n) is 7.62. The van der Waals surface area contributed by atoms with Crippen molar-refractivity contribution < 1.29 is 0 Å². The van der Waals surface area contributed by atoms with Gasteiger partial charge in [-0.05, 0) is 24.6 Å². The van der Waals surface area contributed by atoms with Crippen LogP contribution in [0, 0.1) is 6.92 Å². The number of rotatable bonds is 3. The van der Waals surface area contributed by atoms with Crippen molar-refractivity contribution in [2.75, 3.05) is 24.2 Å². The molecule has 0 aliphatic heterocycles. The number of hydrogen-bond donors (Lipinski definition) is 1. The summed E-state index contributed by atoms with van der Waals surface area (Å²) >= 11 is 4.19. The number of benzene rings is 1. The molecule has 0 fully saturated rings. The quantitative estimate of drug-likeness (QED) is 0.701. The SMILES string of the molecule is Cc1cccc(N(C)CCS)c1. The molecule has 0 aliphatic rings. The van der Waals surface area contributed by atoms with Crippen molar-refractivity contribution in [3.63, 3.8) is 0 Å². The van der Waals surface area contributed by atoms with Gasteiger partial charge >= 0.3 is 0 Å². The van der Waals surface area contributed by atoms with Gasteiger partial charge < -0.3 is 4.90 Å². The summed E-state index contributed by atoms with van der Waals surface area (Å²) in [4.78, 5) is 2.21. The Morgan fingerprint density at radius 3 is 2.75 bits per heavy atom. The summed E-state index contributed by atoms with van der Waals surface area (Å²) in [5, 5.41) is 0. The lowest BCUT2D eigenvalue weighted by molar-refractivity contribution is 0.978. The highest BCUT2D eigenvalue weighted by Crippen LogP contribution is 2.13. The standard InChI is InChI=1S/C10H15NS/c1-9-4-3-5-10(8-9)11(2)6-7-12/h3-5,8,12H,6-7H2,1-2H3. The monoisotopic (exact) mass is 181 g/mol. The second-order valence-electron chi connectivity index (χ2n) is 2.98. The number of anilines is 1. The van der Waals surface area contributed by atoms with Crippen LogP contribution < -0.4 is 4.90 Å². The molecule has 1 rings (SSSR count). The van der Waals surface area contributed by atoms with Crippen LogP contribution in [-0.4, -0.2) is 19.3 Å². The second kappa shape index (κ2) is 4.41. The van der Waals surface area contributed by atoms with Gasteiger partial charge in [-0.3, -0.25) is 0 Å². The van der Waals surface area contributed by atoms with Crippen molar-refractivity contribution in [2.45, 2.75) is 6.92 Å². The lowest BCUT2D eigenvalue weighted by Gasteiger charge is -2.18. The van der Waals surface area contributed by atoms with Crippen LogP contribution in [0.15, 0.2) is 24.3 Å². The van der Waals surface area contributed by atoms with Crippen molar-refractivity contribution in [3.05, 3.63) is 29.8 Å². The van der Waals surface area contributed by atoms with E-state index in [2.05, 4.69) is 55.8 Å². The molecule has 12 heavy (non-hydrogen) atoms. The minimum absolute atomic E-state index is 0.893. The van der Waals surface area contributed by atoms with Crippen molar-refractivity contribution in [2.24, 2.45) is 0 Å². The summed E-state index contributed by atoms with van der Waals surface area (Å²) in [6.07, 6.45) is 0. The van der Waals surface area contributed by atoms with Crippen LogP contribution in [0.3, 0.4) is 0 Å². The molecule has 0 amide bonds. The fourth-order valence-corrected chi connectivity index (χ4v) is 1.44. The third kappa shape index (κ3) is 2.45. The van der Waals surface area contributed by atoms with E-state index in [4.69, 9.17) is 0 Å². The zero-order valence-corrected chi connectivity index (χ0v) is 8.51. The summed E-state index contributed by atoms with van der Waals surface area (Å²) in [6.45, 7) is 3.10. The average Bonchev–Trinajstić information content (AvgIpc) is 2.05. The molecule has 0 atom stereocenters. The van der Waals surface area contributed by atoms with E-state index < -0.39 is 0 Å². The van der Waals surface area contributed by atoms with Gasteiger partial charge in [0, 0.05) is 25.0 Å². The van der Waals surface area contributed by atoms with Crippen LogP contribution in [-0.2, 0) is 0 Å². The lowest BCUT2D eigenvalue weighted by Crippen LogP contribution is -2.19. The van der Waals surface area contributed by atoms with Gasteiger partial charge in [0.1, 0.15) is 0 Å². The predicted molar refractivity (Wildman–Crippen MR) is 58.3 cm³/mol. The van der Waals surface area contributed by atoms with Gasteiger partial charge in [-0.25, -0.2) is 0 Å². The molecule has 0 saturated carbocycles. The van der Waals surface area contributed by atoms with Gasteiger partial charge in [-0.2, -0.15) is 12.6 Å². The maximum atomic E-state index is 4.19.